The van der Waals surface area contributed by atoms with E-state index in [1.165, 1.54) is 24.0 Å². The summed E-state index contributed by atoms with van der Waals surface area (Å²) in [6.07, 6.45) is 2.79. The molecule has 3 aromatic heterocycles. The molecule has 5 rings (SSSR count). The van der Waals surface area contributed by atoms with E-state index in [0.717, 1.165) is 6.29 Å². The first-order chi connectivity index (χ1) is 17.0. The summed E-state index contributed by atoms with van der Waals surface area (Å²) in [6, 6.07) is 10.1. The predicted molar refractivity (Wildman–Crippen MR) is 128 cm³/mol. The van der Waals surface area contributed by atoms with Gasteiger partial charge in [-0.1, -0.05) is 6.07 Å². The number of nitrogens with one attached hydrogen (secondary N) is 1. The number of carbonyl (C=O) groups excluding carboxylic acids is 2. The molecular weight excluding hydrogens is 453 g/mol. The van der Waals surface area contributed by atoms with Crippen LogP contribution in [0.5, 0.6) is 5.75 Å². The second-order valence-corrected chi connectivity index (χ2v) is 8.05. The van der Waals surface area contributed by atoms with Crippen LogP contribution >= 0.6 is 0 Å². The van der Waals surface area contributed by atoms with Crippen LogP contribution in [0.25, 0.3) is 16.9 Å². The Labute approximate surface area is 199 Å². The van der Waals surface area contributed by atoms with Gasteiger partial charge in [-0.25, -0.2) is 13.9 Å². The van der Waals surface area contributed by atoms with Crippen molar-refractivity contribution in [2.45, 2.75) is 18.6 Å². The number of hydrogen-bond donors (Lipinski definition) is 2. The van der Waals surface area contributed by atoms with E-state index >= 15 is 0 Å². The Morgan fingerprint density at radius 2 is 2.09 bits per heavy atom. The van der Waals surface area contributed by atoms with E-state index in [0.29, 0.717) is 51.8 Å². The summed E-state index contributed by atoms with van der Waals surface area (Å²) in [5, 5.41) is 7.65. The summed E-state index contributed by atoms with van der Waals surface area (Å²) in [5.74, 6) is 0.161. The highest BCUT2D eigenvalue weighted by atomic mass is 19.1. The van der Waals surface area contributed by atoms with Gasteiger partial charge in [0, 0.05) is 36.9 Å². The first-order valence-corrected chi connectivity index (χ1v) is 10.8. The molecule has 1 aromatic carbocycles. The second-order valence-electron chi connectivity index (χ2n) is 8.05. The number of amides is 1. The summed E-state index contributed by atoms with van der Waals surface area (Å²) in [6.45, 7) is 0. The molecule has 0 radical (unpaired) electrons. The van der Waals surface area contributed by atoms with Gasteiger partial charge in [0.15, 0.2) is 23.5 Å². The lowest BCUT2D eigenvalue weighted by Gasteiger charge is -2.27. The maximum Gasteiger partial charge on any atom is 0.269 e. The van der Waals surface area contributed by atoms with Gasteiger partial charge in [0.25, 0.3) is 5.91 Å². The van der Waals surface area contributed by atoms with Crippen LogP contribution in [0.15, 0.2) is 48.8 Å². The van der Waals surface area contributed by atoms with Gasteiger partial charge >= 0.3 is 0 Å². The number of rotatable bonds is 8. The van der Waals surface area contributed by atoms with Crippen molar-refractivity contribution in [1.29, 1.82) is 0 Å². The van der Waals surface area contributed by atoms with Crippen LogP contribution in [0, 0.1) is 0 Å². The Kier molecular flexibility index (Phi) is 5.51. The standard InChI is InChI=1S/C24H22FN7O3/c1-27-17-9-21(30-32-20(23(26)34)11-29-24(17)32)31(19-8-15(19)25)18-5-3-4-14(22(18)35-2)16-7-6-13(12-33)10-28-16/h3-7,9-12,15,19,27H,8H2,1-2H3,(H2,26,34)/t15-,19+/m0/s1. The number of para-hydroxylation sites is 1. The van der Waals surface area contributed by atoms with Gasteiger partial charge < -0.3 is 20.7 Å². The van der Waals surface area contributed by atoms with Gasteiger partial charge in [-0.2, -0.15) is 0 Å². The van der Waals surface area contributed by atoms with Gasteiger partial charge in [0.2, 0.25) is 0 Å². The molecule has 1 fully saturated rings. The Bertz CT molecular complexity index is 1440. The van der Waals surface area contributed by atoms with Crippen molar-refractivity contribution < 1.29 is 18.7 Å². The number of aromatic nitrogens is 4. The highest BCUT2D eigenvalue weighted by molar-refractivity contribution is 5.92. The molecule has 1 aliphatic carbocycles. The highest BCUT2D eigenvalue weighted by Gasteiger charge is 2.45. The lowest BCUT2D eigenvalue weighted by Crippen LogP contribution is -2.25. The molecule has 178 valence electrons. The Hall–Kier alpha value is -4.54. The van der Waals surface area contributed by atoms with Crippen LogP contribution in [-0.2, 0) is 0 Å². The van der Waals surface area contributed by atoms with Gasteiger partial charge in [-0.3, -0.25) is 14.6 Å². The number of alkyl halides is 1. The first kappa shape index (κ1) is 22.3. The fourth-order valence-corrected chi connectivity index (χ4v) is 4.08. The number of imidazole rings is 1. The van der Waals surface area contributed by atoms with Crippen LogP contribution in [0.2, 0.25) is 0 Å². The maximum atomic E-state index is 14.5. The minimum absolute atomic E-state index is 0.103. The number of ether oxygens (including phenoxy) is 1. The molecule has 3 heterocycles. The molecule has 4 aromatic rings. The van der Waals surface area contributed by atoms with Gasteiger partial charge in [-0.05, 0) is 24.3 Å². The second kappa shape index (κ2) is 8.67. The van der Waals surface area contributed by atoms with Crippen LogP contribution in [0.3, 0.4) is 0 Å². The number of benzene rings is 1. The van der Waals surface area contributed by atoms with Crippen LogP contribution in [-0.4, -0.2) is 58.1 Å². The van der Waals surface area contributed by atoms with E-state index in [-0.39, 0.29) is 5.69 Å². The van der Waals surface area contributed by atoms with E-state index in [4.69, 9.17) is 10.5 Å². The summed E-state index contributed by atoms with van der Waals surface area (Å²) in [4.78, 5) is 33.4. The number of methoxy groups -OCH3 is 1. The molecule has 0 bridgehead atoms. The molecule has 35 heavy (non-hydrogen) atoms. The van der Waals surface area contributed by atoms with E-state index in [1.54, 1.807) is 36.2 Å². The smallest absolute Gasteiger partial charge is 0.269 e. The Morgan fingerprint density at radius 1 is 1.29 bits per heavy atom. The summed E-state index contributed by atoms with van der Waals surface area (Å²) >= 11 is 0. The monoisotopic (exact) mass is 475 g/mol. The van der Waals surface area contributed by atoms with E-state index in [1.807, 2.05) is 12.1 Å². The average molecular weight is 475 g/mol. The number of pyridine rings is 1. The molecule has 0 spiro atoms. The van der Waals surface area contributed by atoms with Crippen LogP contribution in [0.1, 0.15) is 27.3 Å². The molecule has 2 atom stereocenters. The molecule has 10 nitrogen and oxygen atoms in total. The molecule has 3 N–H and O–H groups in total. The Balaban J connectivity index is 1.70. The molecule has 11 heteroatoms. The van der Waals surface area contributed by atoms with E-state index in [2.05, 4.69) is 20.4 Å². The number of aldehydes is 1. The fraction of sp³-hybridized carbons (Fsp3) is 0.208. The molecule has 1 aliphatic rings. The summed E-state index contributed by atoms with van der Waals surface area (Å²) < 4.78 is 21.7. The third kappa shape index (κ3) is 3.80. The van der Waals surface area contributed by atoms with Gasteiger partial charge in [-0.15, -0.1) is 5.10 Å². The van der Waals surface area contributed by atoms with Gasteiger partial charge in [0.1, 0.15) is 11.9 Å². The quantitative estimate of drug-likeness (QED) is 0.372. The van der Waals surface area contributed by atoms with Gasteiger partial charge in [0.05, 0.1) is 36.4 Å². The van der Waals surface area contributed by atoms with Crippen molar-refractivity contribution in [3.63, 3.8) is 0 Å². The highest BCUT2D eigenvalue weighted by Crippen LogP contribution is 2.46. The van der Waals surface area contributed by atoms with Crippen molar-refractivity contribution in [3.05, 3.63) is 60.0 Å². The molecule has 0 unspecified atom stereocenters. The number of anilines is 3. The van der Waals surface area contributed by atoms with Crippen LogP contribution < -0.4 is 20.7 Å². The number of halogens is 1. The van der Waals surface area contributed by atoms with Crippen molar-refractivity contribution in [2.75, 3.05) is 24.4 Å². The lowest BCUT2D eigenvalue weighted by molar-refractivity contribution is 0.0993. The van der Waals surface area contributed by atoms with Crippen molar-refractivity contribution >= 4 is 35.0 Å². The Morgan fingerprint density at radius 3 is 2.69 bits per heavy atom. The largest absolute Gasteiger partial charge is 0.494 e. The third-order valence-corrected chi connectivity index (χ3v) is 5.89. The SMILES string of the molecule is CNc1cc(N(c2cccc(-c3ccc(C=O)cn3)c2OC)[C@@H]2C[C@@H]2F)nn2c(C(N)=O)cnc12. The minimum Gasteiger partial charge on any atom is -0.494 e. The maximum absolute atomic E-state index is 14.5. The van der Waals surface area contributed by atoms with Crippen molar-refractivity contribution in [2.24, 2.45) is 5.73 Å². The van der Waals surface area contributed by atoms with E-state index < -0.39 is 18.1 Å². The van der Waals surface area contributed by atoms with E-state index in [9.17, 15) is 14.0 Å². The molecular formula is C24H22FN7O3. The molecule has 1 amide bonds. The fourth-order valence-electron chi connectivity index (χ4n) is 4.08. The van der Waals surface area contributed by atoms with Crippen LogP contribution in [0.4, 0.5) is 21.6 Å². The number of nitrogens with two attached hydrogens (primary N) is 1. The zero-order valence-electron chi connectivity index (χ0n) is 19.0. The predicted octanol–water partition coefficient (Wildman–Crippen LogP) is 3.00. The zero-order chi connectivity index (χ0) is 24.7. The first-order valence-electron chi connectivity index (χ1n) is 10.8. The van der Waals surface area contributed by atoms with Crippen molar-refractivity contribution in [3.8, 4) is 17.0 Å². The zero-order valence-corrected chi connectivity index (χ0v) is 19.0. The number of fused-ring (bicyclic) bond motifs is 1. The minimum atomic E-state index is -1.07. The lowest BCUT2D eigenvalue weighted by atomic mass is 10.1. The third-order valence-electron chi connectivity index (χ3n) is 5.89. The normalized spacial score (nSPS) is 16.7. The number of primary amides is 1. The number of nitrogens with zero attached hydrogens (tertiary/aromatic N) is 5. The van der Waals surface area contributed by atoms with Crippen molar-refractivity contribution in [1.82, 2.24) is 19.6 Å². The topological polar surface area (TPSA) is 128 Å². The number of carbonyl (C=O) groups is 2. The average Bonchev–Trinajstić information content (AvgIpc) is 3.42. The summed E-state index contributed by atoms with van der Waals surface area (Å²) in [5.41, 5.74) is 8.90. The summed E-state index contributed by atoms with van der Waals surface area (Å²) in [7, 11) is 3.24. The molecule has 0 aliphatic heterocycles. The number of hydrogen-bond acceptors (Lipinski definition) is 8. The molecule has 0 saturated heterocycles. The molecule has 1 saturated carbocycles.